The van der Waals surface area contributed by atoms with Crippen LogP contribution in [0.1, 0.15) is 35.8 Å². The molecule has 1 amide bonds. The van der Waals surface area contributed by atoms with Crippen LogP contribution in [0.3, 0.4) is 0 Å². The van der Waals surface area contributed by atoms with Crippen LogP contribution in [0.4, 0.5) is 0 Å². The third kappa shape index (κ3) is 4.01. The molecular weight excluding hydrogens is 354 g/mol. The van der Waals surface area contributed by atoms with Crippen LogP contribution < -0.4 is 14.8 Å². The van der Waals surface area contributed by atoms with Crippen LogP contribution in [0, 0.1) is 0 Å². The van der Waals surface area contributed by atoms with E-state index < -0.39 is 6.04 Å². The van der Waals surface area contributed by atoms with Gasteiger partial charge in [-0.15, -0.1) is 0 Å². The number of carbonyl (C=O) groups is 1. The van der Waals surface area contributed by atoms with Crippen molar-refractivity contribution >= 4 is 5.91 Å². The van der Waals surface area contributed by atoms with Gasteiger partial charge in [0.1, 0.15) is 11.9 Å². The monoisotopic (exact) mass is 379 g/mol. The van der Waals surface area contributed by atoms with Gasteiger partial charge in [0.05, 0.1) is 20.1 Å². The predicted octanol–water partition coefficient (Wildman–Crippen LogP) is 3.45. The first kappa shape index (κ1) is 19.5. The first-order valence-electron chi connectivity index (χ1n) is 9.09. The van der Waals surface area contributed by atoms with Crippen LogP contribution in [0.15, 0.2) is 60.9 Å². The number of imidazole rings is 1. The fourth-order valence-electron chi connectivity index (χ4n) is 3.14. The summed E-state index contributed by atoms with van der Waals surface area (Å²) in [5.41, 5.74) is 1.83. The average molecular weight is 379 g/mol. The molecule has 0 aliphatic rings. The maximum atomic E-state index is 13.0. The molecule has 1 aromatic heterocycles. The van der Waals surface area contributed by atoms with Gasteiger partial charge >= 0.3 is 0 Å². The van der Waals surface area contributed by atoms with E-state index in [1.165, 1.54) is 0 Å². The molecule has 2 unspecified atom stereocenters. The molecule has 146 valence electrons. The third-order valence-corrected chi connectivity index (χ3v) is 4.84. The summed E-state index contributed by atoms with van der Waals surface area (Å²) >= 11 is 0. The molecule has 0 aliphatic heterocycles. The molecule has 6 heteroatoms. The molecule has 0 saturated heterocycles. The van der Waals surface area contributed by atoms with Crippen molar-refractivity contribution in [1.29, 1.82) is 0 Å². The van der Waals surface area contributed by atoms with Gasteiger partial charge in [-0.1, -0.05) is 36.4 Å². The van der Waals surface area contributed by atoms with Crippen LogP contribution in [-0.2, 0) is 11.8 Å². The van der Waals surface area contributed by atoms with Crippen molar-refractivity contribution in [3.8, 4) is 11.5 Å². The zero-order chi connectivity index (χ0) is 20.1. The molecule has 0 bridgehead atoms. The van der Waals surface area contributed by atoms with Crippen LogP contribution >= 0.6 is 0 Å². The Morgan fingerprint density at radius 2 is 1.75 bits per heavy atom. The van der Waals surface area contributed by atoms with Crippen molar-refractivity contribution in [2.75, 3.05) is 14.2 Å². The topological polar surface area (TPSA) is 65.4 Å². The van der Waals surface area contributed by atoms with Crippen LogP contribution in [0.5, 0.6) is 11.5 Å². The maximum Gasteiger partial charge on any atom is 0.228 e. The van der Waals surface area contributed by atoms with Crippen molar-refractivity contribution in [3.63, 3.8) is 0 Å². The largest absolute Gasteiger partial charge is 0.493 e. The summed E-state index contributed by atoms with van der Waals surface area (Å²) in [5, 5.41) is 3.14. The fourth-order valence-corrected chi connectivity index (χ4v) is 3.14. The van der Waals surface area contributed by atoms with Gasteiger partial charge in [0.25, 0.3) is 0 Å². The van der Waals surface area contributed by atoms with Crippen molar-refractivity contribution in [2.45, 2.75) is 18.9 Å². The van der Waals surface area contributed by atoms with E-state index in [1.807, 2.05) is 73.3 Å². The number of rotatable bonds is 7. The molecule has 2 aromatic carbocycles. The van der Waals surface area contributed by atoms with E-state index >= 15 is 0 Å². The molecule has 1 N–H and O–H groups in total. The number of aryl methyl sites for hydroxylation is 1. The second-order valence-electron chi connectivity index (χ2n) is 6.58. The Morgan fingerprint density at radius 3 is 2.36 bits per heavy atom. The van der Waals surface area contributed by atoms with Gasteiger partial charge in [0, 0.05) is 19.4 Å². The van der Waals surface area contributed by atoms with Gasteiger partial charge in [0.15, 0.2) is 11.5 Å². The maximum absolute atomic E-state index is 13.0. The van der Waals surface area contributed by atoms with E-state index in [0.29, 0.717) is 11.5 Å². The minimum absolute atomic E-state index is 0.0750. The van der Waals surface area contributed by atoms with Crippen LogP contribution in [0.25, 0.3) is 0 Å². The fraction of sp³-hybridized carbons (Fsp3) is 0.273. The van der Waals surface area contributed by atoms with E-state index in [0.717, 1.165) is 17.0 Å². The van der Waals surface area contributed by atoms with Gasteiger partial charge in [-0.3, -0.25) is 4.79 Å². The lowest BCUT2D eigenvalue weighted by Gasteiger charge is -2.22. The zero-order valence-electron chi connectivity index (χ0n) is 16.5. The molecule has 0 aliphatic carbocycles. The molecule has 0 fully saturated rings. The molecule has 1 heterocycles. The Labute approximate surface area is 165 Å². The van der Waals surface area contributed by atoms with Crippen molar-refractivity contribution in [3.05, 3.63) is 77.9 Å². The van der Waals surface area contributed by atoms with E-state index in [2.05, 4.69) is 10.3 Å². The van der Waals surface area contributed by atoms with Gasteiger partial charge in [-0.25, -0.2) is 4.98 Å². The quantitative estimate of drug-likeness (QED) is 0.683. The number of amides is 1. The lowest BCUT2D eigenvalue weighted by Crippen LogP contribution is -2.34. The molecule has 6 nitrogen and oxygen atoms in total. The highest BCUT2D eigenvalue weighted by atomic mass is 16.5. The second kappa shape index (κ2) is 8.61. The number of hydrogen-bond acceptors (Lipinski definition) is 4. The highest BCUT2D eigenvalue weighted by Crippen LogP contribution is 2.32. The first-order valence-corrected chi connectivity index (χ1v) is 9.09. The summed E-state index contributed by atoms with van der Waals surface area (Å²) < 4.78 is 12.7. The number of nitrogens with one attached hydrogen (secondary N) is 1. The molecule has 0 spiro atoms. The Balaban J connectivity index is 1.95. The molecule has 28 heavy (non-hydrogen) atoms. The highest BCUT2D eigenvalue weighted by molar-refractivity contribution is 5.83. The second-order valence-corrected chi connectivity index (χ2v) is 6.58. The summed E-state index contributed by atoms with van der Waals surface area (Å²) in [5.74, 6) is 1.61. The number of ether oxygens (including phenoxy) is 2. The lowest BCUT2D eigenvalue weighted by atomic mass is 9.98. The van der Waals surface area contributed by atoms with Crippen LogP contribution in [-0.4, -0.2) is 29.7 Å². The number of carbonyl (C=O) groups excluding carboxylic acids is 1. The lowest BCUT2D eigenvalue weighted by molar-refractivity contribution is -0.122. The summed E-state index contributed by atoms with van der Waals surface area (Å²) in [6.45, 7) is 1.90. The molecular formula is C22H25N3O3. The summed E-state index contributed by atoms with van der Waals surface area (Å²) in [4.78, 5) is 17.5. The summed E-state index contributed by atoms with van der Waals surface area (Å²) in [7, 11) is 5.09. The summed E-state index contributed by atoms with van der Waals surface area (Å²) in [6.07, 6.45) is 3.58. The normalized spacial score (nSPS) is 12.9. The summed E-state index contributed by atoms with van der Waals surface area (Å²) in [6, 6.07) is 14.9. The third-order valence-electron chi connectivity index (χ3n) is 4.84. The van der Waals surface area contributed by atoms with E-state index in [1.54, 1.807) is 20.4 Å². The minimum Gasteiger partial charge on any atom is -0.493 e. The SMILES string of the molecule is COc1ccc(C(NC(=O)C(C)c2ccccc2)c2nccn2C)cc1OC. The number of nitrogens with zero attached hydrogens (tertiary/aromatic N) is 2. The van der Waals surface area contributed by atoms with E-state index in [9.17, 15) is 4.79 Å². The van der Waals surface area contributed by atoms with E-state index in [-0.39, 0.29) is 11.8 Å². The predicted molar refractivity (Wildman–Crippen MR) is 108 cm³/mol. The Kier molecular flexibility index (Phi) is 5.99. The van der Waals surface area contributed by atoms with Crippen molar-refractivity contribution in [1.82, 2.24) is 14.9 Å². The Hall–Kier alpha value is -3.28. The number of benzene rings is 2. The molecule has 3 aromatic rings. The smallest absolute Gasteiger partial charge is 0.228 e. The molecule has 0 saturated carbocycles. The average Bonchev–Trinajstić information content (AvgIpc) is 3.16. The van der Waals surface area contributed by atoms with Gasteiger partial charge in [-0.05, 0) is 30.2 Å². The zero-order valence-corrected chi connectivity index (χ0v) is 16.5. The number of aromatic nitrogens is 2. The minimum atomic E-state index is -0.418. The Bertz CT molecular complexity index is 937. The molecule has 3 rings (SSSR count). The van der Waals surface area contributed by atoms with Crippen LogP contribution in [0.2, 0.25) is 0 Å². The number of methoxy groups -OCH3 is 2. The standard InChI is InChI=1S/C22H25N3O3/c1-15(16-8-6-5-7-9-16)22(26)24-20(21-23-12-13-25(21)2)17-10-11-18(27-3)19(14-17)28-4/h5-15,20H,1-4H3,(H,24,26). The van der Waals surface area contributed by atoms with Crippen molar-refractivity contribution < 1.29 is 14.3 Å². The van der Waals surface area contributed by atoms with Crippen molar-refractivity contribution in [2.24, 2.45) is 7.05 Å². The first-order chi connectivity index (χ1) is 13.5. The Morgan fingerprint density at radius 1 is 1.04 bits per heavy atom. The molecule has 2 atom stereocenters. The van der Waals surface area contributed by atoms with Gasteiger partial charge in [-0.2, -0.15) is 0 Å². The van der Waals surface area contributed by atoms with Gasteiger partial charge < -0.3 is 19.4 Å². The molecule has 0 radical (unpaired) electrons. The van der Waals surface area contributed by atoms with E-state index in [4.69, 9.17) is 9.47 Å². The number of hydrogen-bond donors (Lipinski definition) is 1. The van der Waals surface area contributed by atoms with Gasteiger partial charge in [0.2, 0.25) is 5.91 Å². The highest BCUT2D eigenvalue weighted by Gasteiger charge is 2.25.